The minimum Gasteiger partial charge on any atom is -0.478 e. The lowest BCUT2D eigenvalue weighted by atomic mass is 9.76. The Labute approximate surface area is 150 Å². The summed E-state index contributed by atoms with van der Waals surface area (Å²) < 4.78 is 6.18. The maximum absolute atomic E-state index is 10.5. The Bertz CT molecular complexity index is 572. The van der Waals surface area contributed by atoms with E-state index in [1.165, 1.54) is 30.9 Å². The molecule has 0 saturated carbocycles. The molecule has 2 saturated heterocycles. The fourth-order valence-electron chi connectivity index (χ4n) is 4.36. The number of rotatable bonds is 10. The first-order valence-corrected chi connectivity index (χ1v) is 9.53. The van der Waals surface area contributed by atoms with E-state index >= 15 is 0 Å². The van der Waals surface area contributed by atoms with Crippen molar-refractivity contribution in [3.05, 3.63) is 48.0 Å². The van der Waals surface area contributed by atoms with Crippen LogP contribution in [0.15, 0.2) is 42.5 Å². The molecule has 136 valence electrons. The summed E-state index contributed by atoms with van der Waals surface area (Å²) in [5.74, 6) is 0.425. The molecule has 2 fully saturated rings. The van der Waals surface area contributed by atoms with Gasteiger partial charge in [-0.05, 0) is 43.6 Å². The monoisotopic (exact) mass is 343 g/mol. The van der Waals surface area contributed by atoms with Crippen molar-refractivity contribution in [2.45, 2.75) is 57.3 Å². The number of carboxylic acids is 1. The molecule has 0 radical (unpaired) electrons. The summed E-state index contributed by atoms with van der Waals surface area (Å²) in [6, 6.07) is 10.5. The van der Waals surface area contributed by atoms with Gasteiger partial charge in [-0.3, -0.25) is 0 Å². The second kappa shape index (κ2) is 9.16. The van der Waals surface area contributed by atoms with Gasteiger partial charge in [-0.25, -0.2) is 4.79 Å². The summed E-state index contributed by atoms with van der Waals surface area (Å²) in [5, 5.41) is 12.2. The number of carbonyl (C=O) groups is 1. The van der Waals surface area contributed by atoms with E-state index in [0.717, 1.165) is 32.4 Å². The highest BCUT2D eigenvalue weighted by Crippen LogP contribution is 2.45. The first-order valence-electron chi connectivity index (χ1n) is 9.53. The first-order chi connectivity index (χ1) is 12.2. The van der Waals surface area contributed by atoms with Crippen molar-refractivity contribution in [3.8, 4) is 0 Å². The van der Waals surface area contributed by atoms with Gasteiger partial charge in [0, 0.05) is 25.1 Å². The summed E-state index contributed by atoms with van der Waals surface area (Å²) >= 11 is 0. The molecule has 0 spiro atoms. The van der Waals surface area contributed by atoms with Crippen LogP contribution in [0.2, 0.25) is 0 Å². The van der Waals surface area contributed by atoms with Gasteiger partial charge in [-0.15, -0.1) is 0 Å². The minimum atomic E-state index is -0.856. The lowest BCUT2D eigenvalue weighted by molar-refractivity contribution is -0.131. The maximum Gasteiger partial charge on any atom is 0.327 e. The third kappa shape index (κ3) is 5.16. The van der Waals surface area contributed by atoms with E-state index in [4.69, 9.17) is 9.84 Å². The molecule has 0 aromatic heterocycles. The topological polar surface area (TPSA) is 58.6 Å². The molecule has 4 nitrogen and oxygen atoms in total. The molecular formula is C21H29NO3. The van der Waals surface area contributed by atoms with E-state index in [-0.39, 0.29) is 0 Å². The number of benzene rings is 1. The average molecular weight is 343 g/mol. The van der Waals surface area contributed by atoms with Crippen molar-refractivity contribution >= 4 is 5.97 Å². The second-order valence-corrected chi connectivity index (χ2v) is 7.26. The average Bonchev–Trinajstić information content (AvgIpc) is 3.21. The maximum atomic E-state index is 10.5. The number of ether oxygens (including phenoxy) is 1. The number of aliphatic carboxylic acids is 1. The molecule has 2 aliphatic heterocycles. The molecule has 2 heterocycles. The Morgan fingerprint density at radius 1 is 1.16 bits per heavy atom. The minimum absolute atomic E-state index is 0.435. The highest BCUT2D eigenvalue weighted by molar-refractivity contribution is 5.79. The lowest BCUT2D eigenvalue weighted by Gasteiger charge is -2.28. The Balaban J connectivity index is 1.41. The number of allylic oxidation sites excluding steroid dienone is 1. The second-order valence-electron chi connectivity index (χ2n) is 7.26. The quantitative estimate of drug-likeness (QED) is 0.501. The standard InChI is InChI=1S/C21H29NO3/c23-21(24)11-7-2-1-6-10-17-18(20-13-12-19(17)25-20)15-22-14-16-8-4-3-5-9-16/h3-5,7-9,11,17-20,22H,1-2,6,10,12-15H2,(H,23,24)/t17-,18-,19-,20+/m0/s1. The number of hydrogen-bond acceptors (Lipinski definition) is 3. The van der Waals surface area contributed by atoms with E-state index in [1.54, 1.807) is 6.08 Å². The lowest BCUT2D eigenvalue weighted by Crippen LogP contribution is -2.35. The third-order valence-corrected chi connectivity index (χ3v) is 5.56. The van der Waals surface area contributed by atoms with Crippen LogP contribution in [-0.4, -0.2) is 29.8 Å². The molecule has 3 rings (SSSR count). The van der Waals surface area contributed by atoms with Crippen LogP contribution in [0.5, 0.6) is 0 Å². The number of nitrogens with one attached hydrogen (secondary N) is 1. The largest absolute Gasteiger partial charge is 0.478 e. The molecule has 2 N–H and O–H groups in total. The SMILES string of the molecule is O=C(O)C=CCCCC[C@H]1[C@H](CNCc2ccccc2)[C@H]2CC[C@@H]1O2. The first kappa shape index (κ1) is 18.2. The van der Waals surface area contributed by atoms with Gasteiger partial charge in [-0.2, -0.15) is 0 Å². The highest BCUT2D eigenvalue weighted by atomic mass is 16.5. The van der Waals surface area contributed by atoms with Gasteiger partial charge < -0.3 is 15.2 Å². The van der Waals surface area contributed by atoms with Gasteiger partial charge >= 0.3 is 5.97 Å². The Morgan fingerprint density at radius 3 is 2.68 bits per heavy atom. The van der Waals surface area contributed by atoms with Crippen molar-refractivity contribution in [1.29, 1.82) is 0 Å². The Hall–Kier alpha value is -1.65. The molecule has 2 bridgehead atoms. The van der Waals surface area contributed by atoms with Crippen LogP contribution in [-0.2, 0) is 16.1 Å². The number of hydrogen-bond donors (Lipinski definition) is 2. The molecule has 0 unspecified atom stereocenters. The summed E-state index contributed by atoms with van der Waals surface area (Å²) in [5.41, 5.74) is 1.33. The van der Waals surface area contributed by atoms with Crippen molar-refractivity contribution in [2.75, 3.05) is 6.54 Å². The van der Waals surface area contributed by atoms with Crippen molar-refractivity contribution < 1.29 is 14.6 Å². The Kier molecular flexibility index (Phi) is 6.65. The molecule has 2 aliphatic rings. The predicted molar refractivity (Wildman–Crippen MR) is 98.3 cm³/mol. The summed E-state index contributed by atoms with van der Waals surface area (Å²) in [6.07, 6.45) is 10.6. The van der Waals surface area contributed by atoms with Crippen LogP contribution in [0.3, 0.4) is 0 Å². The van der Waals surface area contributed by atoms with Crippen LogP contribution in [0.25, 0.3) is 0 Å². The van der Waals surface area contributed by atoms with E-state index in [9.17, 15) is 4.79 Å². The van der Waals surface area contributed by atoms with Crippen LogP contribution in [0.4, 0.5) is 0 Å². The van der Waals surface area contributed by atoms with Crippen molar-refractivity contribution in [3.63, 3.8) is 0 Å². The summed E-state index contributed by atoms with van der Waals surface area (Å²) in [7, 11) is 0. The summed E-state index contributed by atoms with van der Waals surface area (Å²) in [6.45, 7) is 1.95. The van der Waals surface area contributed by atoms with Gasteiger partial charge in [0.1, 0.15) is 0 Å². The molecular weight excluding hydrogens is 314 g/mol. The van der Waals surface area contributed by atoms with Gasteiger partial charge in [-0.1, -0.05) is 42.8 Å². The van der Waals surface area contributed by atoms with Crippen LogP contribution in [0, 0.1) is 11.8 Å². The molecule has 0 amide bonds. The van der Waals surface area contributed by atoms with Gasteiger partial charge in [0.25, 0.3) is 0 Å². The zero-order valence-electron chi connectivity index (χ0n) is 14.8. The van der Waals surface area contributed by atoms with Gasteiger partial charge in [0.15, 0.2) is 0 Å². The number of unbranched alkanes of at least 4 members (excludes halogenated alkanes) is 2. The highest BCUT2D eigenvalue weighted by Gasteiger charge is 2.47. The van der Waals surface area contributed by atoms with Crippen LogP contribution >= 0.6 is 0 Å². The molecule has 4 heteroatoms. The van der Waals surface area contributed by atoms with Gasteiger partial charge in [0.05, 0.1) is 12.2 Å². The molecule has 25 heavy (non-hydrogen) atoms. The fraction of sp³-hybridized carbons (Fsp3) is 0.571. The number of fused-ring (bicyclic) bond motifs is 2. The Morgan fingerprint density at radius 2 is 1.92 bits per heavy atom. The van der Waals surface area contributed by atoms with E-state index in [0.29, 0.717) is 24.0 Å². The summed E-state index contributed by atoms with van der Waals surface area (Å²) in [4.78, 5) is 10.5. The molecule has 0 aliphatic carbocycles. The fourth-order valence-corrected chi connectivity index (χ4v) is 4.36. The normalized spacial score (nSPS) is 28.0. The predicted octanol–water partition coefficient (Wildman–Crippen LogP) is 3.77. The van der Waals surface area contributed by atoms with E-state index in [1.807, 2.05) is 0 Å². The van der Waals surface area contributed by atoms with E-state index in [2.05, 4.69) is 35.6 Å². The van der Waals surface area contributed by atoms with E-state index < -0.39 is 5.97 Å². The molecule has 4 atom stereocenters. The molecule has 1 aromatic carbocycles. The van der Waals surface area contributed by atoms with Crippen LogP contribution in [0.1, 0.15) is 44.1 Å². The smallest absolute Gasteiger partial charge is 0.327 e. The van der Waals surface area contributed by atoms with Gasteiger partial charge in [0.2, 0.25) is 0 Å². The zero-order valence-corrected chi connectivity index (χ0v) is 14.8. The van der Waals surface area contributed by atoms with Crippen molar-refractivity contribution in [1.82, 2.24) is 5.32 Å². The number of carboxylic acid groups (broad SMARTS) is 1. The van der Waals surface area contributed by atoms with Crippen molar-refractivity contribution in [2.24, 2.45) is 11.8 Å². The third-order valence-electron chi connectivity index (χ3n) is 5.56. The molecule has 1 aromatic rings. The van der Waals surface area contributed by atoms with Crippen LogP contribution < -0.4 is 5.32 Å². The zero-order chi connectivity index (χ0) is 17.5.